The lowest BCUT2D eigenvalue weighted by Gasteiger charge is -2.29. The van der Waals surface area contributed by atoms with E-state index in [2.05, 4.69) is 5.32 Å². The number of amides is 1. The van der Waals surface area contributed by atoms with Crippen molar-refractivity contribution in [3.63, 3.8) is 0 Å². The third kappa shape index (κ3) is 5.11. The fourth-order valence-electron chi connectivity index (χ4n) is 2.31. The second-order valence-electron chi connectivity index (χ2n) is 5.66. The van der Waals surface area contributed by atoms with Crippen molar-refractivity contribution in [2.45, 2.75) is 12.5 Å². The van der Waals surface area contributed by atoms with Crippen LogP contribution in [0.1, 0.15) is 12.5 Å². The predicted octanol–water partition coefficient (Wildman–Crippen LogP) is 3.41. The van der Waals surface area contributed by atoms with Crippen LogP contribution in [0.15, 0.2) is 48.5 Å². The number of carbonyl (C=O) groups excluding carboxylic acids is 1. The molecule has 0 bridgehead atoms. The highest BCUT2D eigenvalue weighted by molar-refractivity contribution is 6.30. The van der Waals surface area contributed by atoms with Gasteiger partial charge in [0.25, 0.3) is 5.91 Å². The van der Waals surface area contributed by atoms with Crippen molar-refractivity contribution in [2.75, 3.05) is 27.4 Å². The minimum atomic E-state index is -0.689. The minimum Gasteiger partial charge on any atom is -0.493 e. The molecule has 0 fully saturated rings. The van der Waals surface area contributed by atoms with Gasteiger partial charge < -0.3 is 19.5 Å². The van der Waals surface area contributed by atoms with Crippen LogP contribution in [0.5, 0.6) is 11.5 Å². The Morgan fingerprint density at radius 1 is 1.12 bits per heavy atom. The zero-order valence-corrected chi connectivity index (χ0v) is 15.3. The number of rotatable bonds is 8. The molecule has 5 nitrogen and oxygen atoms in total. The third-order valence-electron chi connectivity index (χ3n) is 3.94. The average Bonchev–Trinajstić information content (AvgIpc) is 2.64. The summed E-state index contributed by atoms with van der Waals surface area (Å²) in [6, 6.07) is 14.5. The fourth-order valence-corrected chi connectivity index (χ4v) is 2.50. The first-order valence-corrected chi connectivity index (χ1v) is 8.20. The summed E-state index contributed by atoms with van der Waals surface area (Å²) in [5, 5.41) is 3.44. The predicted molar refractivity (Wildman–Crippen MR) is 97.3 cm³/mol. The molecule has 0 saturated carbocycles. The van der Waals surface area contributed by atoms with Crippen LogP contribution < -0.4 is 14.8 Å². The first-order valence-electron chi connectivity index (χ1n) is 7.82. The Bertz CT molecular complexity index is 722. The number of nitrogens with one attached hydrogen (secondary N) is 1. The molecule has 6 heteroatoms. The van der Waals surface area contributed by atoms with Gasteiger partial charge in [-0.1, -0.05) is 35.9 Å². The maximum atomic E-state index is 12.1. The molecule has 1 atom stereocenters. The molecule has 2 aromatic rings. The molecule has 0 spiro atoms. The largest absolute Gasteiger partial charge is 0.493 e. The molecule has 0 aliphatic rings. The normalized spacial score (nSPS) is 13.0. The molecule has 0 aliphatic carbocycles. The summed E-state index contributed by atoms with van der Waals surface area (Å²) in [7, 11) is 3.15. The molecule has 0 aliphatic heterocycles. The quantitative estimate of drug-likeness (QED) is 0.781. The summed E-state index contributed by atoms with van der Waals surface area (Å²) in [5.41, 5.74) is 0.193. The number of ether oxygens (including phenoxy) is 3. The van der Waals surface area contributed by atoms with Crippen LogP contribution in [0.4, 0.5) is 0 Å². The van der Waals surface area contributed by atoms with Crippen molar-refractivity contribution in [3.8, 4) is 11.5 Å². The number of benzene rings is 2. The van der Waals surface area contributed by atoms with E-state index in [9.17, 15) is 4.79 Å². The van der Waals surface area contributed by atoms with E-state index in [1.54, 1.807) is 32.4 Å². The van der Waals surface area contributed by atoms with Gasteiger partial charge in [0.2, 0.25) is 0 Å². The lowest BCUT2D eigenvalue weighted by atomic mass is 9.95. The van der Waals surface area contributed by atoms with E-state index in [-0.39, 0.29) is 19.1 Å². The summed E-state index contributed by atoms with van der Waals surface area (Å²) in [6.07, 6.45) is 0. The van der Waals surface area contributed by atoms with Gasteiger partial charge in [0.1, 0.15) is 5.60 Å². The minimum absolute atomic E-state index is 0.115. The maximum Gasteiger partial charge on any atom is 0.258 e. The van der Waals surface area contributed by atoms with Gasteiger partial charge in [-0.2, -0.15) is 0 Å². The first kappa shape index (κ1) is 19.1. The molecular formula is C19H22ClNO4. The number of hydrogen-bond donors (Lipinski definition) is 1. The zero-order valence-electron chi connectivity index (χ0n) is 14.5. The van der Waals surface area contributed by atoms with Gasteiger partial charge in [-0.15, -0.1) is 0 Å². The van der Waals surface area contributed by atoms with Crippen LogP contribution in [0.3, 0.4) is 0 Å². The molecule has 0 saturated heterocycles. The van der Waals surface area contributed by atoms with Crippen LogP contribution in [0, 0.1) is 0 Å². The Balaban J connectivity index is 1.94. The van der Waals surface area contributed by atoms with Crippen LogP contribution in [0.2, 0.25) is 5.02 Å². The smallest absolute Gasteiger partial charge is 0.258 e. The zero-order chi connectivity index (χ0) is 18.3. The average molecular weight is 364 g/mol. The summed E-state index contributed by atoms with van der Waals surface area (Å²) in [4.78, 5) is 12.1. The van der Waals surface area contributed by atoms with Crippen LogP contribution in [0.25, 0.3) is 0 Å². The maximum absolute atomic E-state index is 12.1. The van der Waals surface area contributed by atoms with Crippen molar-refractivity contribution in [1.82, 2.24) is 5.32 Å². The Morgan fingerprint density at radius 2 is 1.84 bits per heavy atom. The Labute approximate surface area is 152 Å². The molecule has 0 heterocycles. The summed E-state index contributed by atoms with van der Waals surface area (Å²) < 4.78 is 16.3. The molecule has 0 aromatic heterocycles. The van der Waals surface area contributed by atoms with Gasteiger partial charge in [-0.25, -0.2) is 0 Å². The standard InChI is InChI=1S/C19H22ClNO4/c1-19(24-3,14-7-6-8-15(20)11-14)13-21-18(22)12-25-17-10-5-4-9-16(17)23-2/h4-11H,12-13H2,1-3H3,(H,21,22). The molecule has 134 valence electrons. The van der Waals surface area contributed by atoms with E-state index in [4.69, 9.17) is 25.8 Å². The Kier molecular flexibility index (Phi) is 6.67. The molecule has 1 amide bonds. The van der Waals surface area contributed by atoms with Crippen molar-refractivity contribution < 1.29 is 19.0 Å². The van der Waals surface area contributed by atoms with Gasteiger partial charge in [-0.3, -0.25) is 4.79 Å². The summed E-state index contributed by atoms with van der Waals surface area (Å²) >= 11 is 6.04. The van der Waals surface area contributed by atoms with Crippen LogP contribution >= 0.6 is 11.6 Å². The van der Waals surface area contributed by atoms with E-state index >= 15 is 0 Å². The number of methoxy groups -OCH3 is 2. The highest BCUT2D eigenvalue weighted by Crippen LogP contribution is 2.27. The summed E-state index contributed by atoms with van der Waals surface area (Å²) in [6.45, 7) is 2.06. The molecule has 1 N–H and O–H groups in total. The van der Waals surface area contributed by atoms with Crippen molar-refractivity contribution in [1.29, 1.82) is 0 Å². The first-order chi connectivity index (χ1) is 12.0. The van der Waals surface area contributed by atoms with Gasteiger partial charge in [0.15, 0.2) is 18.1 Å². The van der Waals surface area contributed by atoms with Gasteiger partial charge in [0.05, 0.1) is 13.7 Å². The molecule has 25 heavy (non-hydrogen) atoms. The van der Waals surface area contributed by atoms with Crippen LogP contribution in [-0.2, 0) is 15.1 Å². The fraction of sp³-hybridized carbons (Fsp3) is 0.316. The lowest BCUT2D eigenvalue weighted by molar-refractivity contribution is -0.124. The third-order valence-corrected chi connectivity index (χ3v) is 4.17. The highest BCUT2D eigenvalue weighted by Gasteiger charge is 2.27. The number of halogens is 1. The number of carbonyl (C=O) groups is 1. The molecule has 2 aromatic carbocycles. The van der Waals surface area contributed by atoms with Gasteiger partial charge >= 0.3 is 0 Å². The molecule has 0 radical (unpaired) electrons. The highest BCUT2D eigenvalue weighted by atomic mass is 35.5. The molecule has 2 rings (SSSR count). The number of para-hydroxylation sites is 2. The SMILES string of the molecule is COc1ccccc1OCC(=O)NCC(C)(OC)c1cccc(Cl)c1. The van der Waals surface area contributed by atoms with Gasteiger partial charge in [0, 0.05) is 12.1 Å². The van der Waals surface area contributed by atoms with Crippen molar-refractivity contribution in [3.05, 3.63) is 59.1 Å². The van der Waals surface area contributed by atoms with E-state index in [1.165, 1.54) is 0 Å². The molecule has 1 unspecified atom stereocenters. The second-order valence-corrected chi connectivity index (χ2v) is 6.10. The van der Waals surface area contributed by atoms with Crippen molar-refractivity contribution in [2.24, 2.45) is 0 Å². The van der Waals surface area contributed by atoms with E-state index in [0.717, 1.165) is 5.56 Å². The van der Waals surface area contributed by atoms with Gasteiger partial charge in [-0.05, 0) is 36.8 Å². The van der Waals surface area contributed by atoms with E-state index in [1.807, 2.05) is 37.3 Å². The lowest BCUT2D eigenvalue weighted by Crippen LogP contribution is -2.41. The Hall–Kier alpha value is -2.24. The van der Waals surface area contributed by atoms with Crippen LogP contribution in [-0.4, -0.2) is 33.3 Å². The topological polar surface area (TPSA) is 56.8 Å². The van der Waals surface area contributed by atoms with E-state index in [0.29, 0.717) is 16.5 Å². The van der Waals surface area contributed by atoms with E-state index < -0.39 is 5.60 Å². The Morgan fingerprint density at radius 3 is 2.48 bits per heavy atom. The monoisotopic (exact) mass is 363 g/mol. The second kappa shape index (κ2) is 8.74. The summed E-state index contributed by atoms with van der Waals surface area (Å²) in [5.74, 6) is 0.844. The number of hydrogen-bond acceptors (Lipinski definition) is 4. The molecular weight excluding hydrogens is 342 g/mol. The van der Waals surface area contributed by atoms with Crippen molar-refractivity contribution >= 4 is 17.5 Å².